The molecule has 1 aromatic carbocycles. The molecule has 0 aliphatic rings. The molecule has 0 bridgehead atoms. The van der Waals surface area contributed by atoms with E-state index in [9.17, 15) is 8.42 Å². The SMILES string of the molecule is CSC(=NCc1ccco1)NS(=O)(=O)c1ccc(Br)cc1. The van der Waals surface area contributed by atoms with Gasteiger partial charge in [-0.1, -0.05) is 27.7 Å². The summed E-state index contributed by atoms with van der Waals surface area (Å²) in [4.78, 5) is 4.38. The minimum atomic E-state index is -3.63. The molecule has 5 nitrogen and oxygen atoms in total. The van der Waals surface area contributed by atoms with E-state index >= 15 is 0 Å². The van der Waals surface area contributed by atoms with Crippen LogP contribution in [0.4, 0.5) is 0 Å². The maximum absolute atomic E-state index is 12.2. The molecule has 0 unspecified atom stereocenters. The van der Waals surface area contributed by atoms with Crippen molar-refractivity contribution in [3.8, 4) is 0 Å². The van der Waals surface area contributed by atoms with Gasteiger partial charge in [-0.3, -0.25) is 9.71 Å². The molecule has 2 aromatic rings. The van der Waals surface area contributed by atoms with Crippen LogP contribution in [0.1, 0.15) is 5.76 Å². The second-order valence-electron chi connectivity index (χ2n) is 3.96. The summed E-state index contributed by atoms with van der Waals surface area (Å²) in [5.74, 6) is 0.671. The van der Waals surface area contributed by atoms with E-state index in [1.165, 1.54) is 23.9 Å². The highest BCUT2D eigenvalue weighted by Crippen LogP contribution is 2.15. The first kappa shape index (κ1) is 16.1. The van der Waals surface area contributed by atoms with Crippen LogP contribution in [0.5, 0.6) is 0 Å². The molecule has 112 valence electrons. The first-order chi connectivity index (χ1) is 10.0. The molecule has 21 heavy (non-hydrogen) atoms. The Labute approximate surface area is 136 Å². The van der Waals surface area contributed by atoms with Gasteiger partial charge in [-0.15, -0.1) is 0 Å². The highest BCUT2D eigenvalue weighted by Gasteiger charge is 2.15. The van der Waals surface area contributed by atoms with Gasteiger partial charge in [0.25, 0.3) is 10.0 Å². The van der Waals surface area contributed by atoms with Crippen LogP contribution in [0, 0.1) is 0 Å². The van der Waals surface area contributed by atoms with Gasteiger partial charge < -0.3 is 4.42 Å². The third-order valence-electron chi connectivity index (χ3n) is 2.50. The van der Waals surface area contributed by atoms with E-state index in [2.05, 4.69) is 25.6 Å². The number of thioether (sulfide) groups is 1. The number of hydrogen-bond acceptors (Lipinski definition) is 5. The van der Waals surface area contributed by atoms with Crippen molar-refractivity contribution in [1.82, 2.24) is 4.72 Å². The second kappa shape index (κ2) is 7.15. The summed E-state index contributed by atoms with van der Waals surface area (Å²) < 4.78 is 32.9. The van der Waals surface area contributed by atoms with E-state index in [-0.39, 0.29) is 11.4 Å². The van der Waals surface area contributed by atoms with Crippen molar-refractivity contribution in [3.63, 3.8) is 0 Å². The molecule has 8 heteroatoms. The molecule has 1 heterocycles. The predicted octanol–water partition coefficient (Wildman–Crippen LogP) is 3.24. The summed E-state index contributed by atoms with van der Waals surface area (Å²) in [7, 11) is -3.63. The average molecular weight is 389 g/mol. The number of halogens is 1. The molecule has 0 atom stereocenters. The molecule has 1 N–H and O–H groups in total. The Hall–Kier alpha value is -1.25. The summed E-state index contributed by atoms with van der Waals surface area (Å²) in [6.07, 6.45) is 3.31. The molecule has 0 spiro atoms. The van der Waals surface area contributed by atoms with Crippen LogP contribution in [0.2, 0.25) is 0 Å². The molecule has 0 fully saturated rings. The molecular weight excluding hydrogens is 376 g/mol. The highest BCUT2D eigenvalue weighted by atomic mass is 79.9. The van der Waals surface area contributed by atoms with Gasteiger partial charge in [-0.25, -0.2) is 8.42 Å². The lowest BCUT2D eigenvalue weighted by Crippen LogP contribution is -2.28. The van der Waals surface area contributed by atoms with Gasteiger partial charge in [0.05, 0.1) is 17.7 Å². The van der Waals surface area contributed by atoms with Crippen LogP contribution >= 0.6 is 27.7 Å². The summed E-state index contributed by atoms with van der Waals surface area (Å²) in [6.45, 7) is 0.284. The maximum atomic E-state index is 12.2. The molecule has 0 amide bonds. The molecule has 0 saturated heterocycles. The number of nitrogens with zero attached hydrogens (tertiary/aromatic N) is 1. The van der Waals surface area contributed by atoms with Crippen LogP contribution in [0.25, 0.3) is 0 Å². The zero-order valence-corrected chi connectivity index (χ0v) is 14.3. The Balaban J connectivity index is 2.13. The Bertz CT molecular complexity index is 710. The lowest BCUT2D eigenvalue weighted by atomic mass is 10.4. The van der Waals surface area contributed by atoms with Crippen molar-refractivity contribution in [2.45, 2.75) is 11.4 Å². The smallest absolute Gasteiger partial charge is 0.263 e. The third kappa shape index (κ3) is 4.62. The van der Waals surface area contributed by atoms with Crippen molar-refractivity contribution in [3.05, 3.63) is 52.9 Å². The van der Waals surface area contributed by atoms with E-state index in [1.54, 1.807) is 36.8 Å². The minimum Gasteiger partial charge on any atom is -0.467 e. The second-order valence-corrected chi connectivity index (χ2v) is 7.36. The number of rotatable bonds is 4. The quantitative estimate of drug-likeness (QED) is 0.644. The van der Waals surface area contributed by atoms with Crippen LogP contribution in [0.3, 0.4) is 0 Å². The van der Waals surface area contributed by atoms with Crippen LogP contribution in [-0.4, -0.2) is 19.8 Å². The molecular formula is C13H13BrN2O3S2. The van der Waals surface area contributed by atoms with Gasteiger partial charge >= 0.3 is 0 Å². The number of nitrogens with one attached hydrogen (secondary N) is 1. The molecule has 0 aliphatic heterocycles. The van der Waals surface area contributed by atoms with Gasteiger partial charge in [-0.05, 0) is 42.7 Å². The largest absolute Gasteiger partial charge is 0.467 e. The minimum absolute atomic E-state index is 0.186. The number of benzene rings is 1. The Morgan fingerprint density at radius 2 is 2.05 bits per heavy atom. The number of amidine groups is 1. The molecule has 1 aromatic heterocycles. The Morgan fingerprint density at radius 3 is 2.62 bits per heavy atom. The van der Waals surface area contributed by atoms with Gasteiger partial charge in [0, 0.05) is 4.47 Å². The van der Waals surface area contributed by atoms with Gasteiger partial charge in [0.1, 0.15) is 5.76 Å². The van der Waals surface area contributed by atoms with Crippen LogP contribution < -0.4 is 4.72 Å². The standard InChI is InChI=1S/C13H13BrN2O3S2/c1-20-13(15-9-11-3-2-8-19-11)16-21(17,18)12-6-4-10(14)5-7-12/h2-8H,9H2,1H3,(H,15,16). The zero-order chi connectivity index (χ0) is 15.3. The van der Waals surface area contributed by atoms with Crippen LogP contribution in [-0.2, 0) is 16.6 Å². The van der Waals surface area contributed by atoms with E-state index in [1.807, 2.05) is 0 Å². The Kier molecular flexibility index (Phi) is 5.49. The van der Waals surface area contributed by atoms with Crippen molar-refractivity contribution in [1.29, 1.82) is 0 Å². The first-order valence-corrected chi connectivity index (χ1v) is 9.40. The number of hydrogen-bond donors (Lipinski definition) is 1. The first-order valence-electron chi connectivity index (χ1n) is 5.90. The number of furan rings is 1. The molecule has 0 aliphatic carbocycles. The number of sulfonamides is 1. The van der Waals surface area contributed by atoms with E-state index in [0.717, 1.165) is 4.47 Å². The number of aliphatic imine (C=N–C) groups is 1. The van der Waals surface area contributed by atoms with Crippen molar-refractivity contribution in [2.24, 2.45) is 4.99 Å². The zero-order valence-electron chi connectivity index (χ0n) is 11.1. The summed E-state index contributed by atoms with van der Waals surface area (Å²) in [5.41, 5.74) is 0. The summed E-state index contributed by atoms with van der Waals surface area (Å²) in [5, 5.41) is 0.314. The predicted molar refractivity (Wildman–Crippen MR) is 87.8 cm³/mol. The fraction of sp³-hybridized carbons (Fsp3) is 0.154. The van der Waals surface area contributed by atoms with E-state index in [0.29, 0.717) is 10.9 Å². The van der Waals surface area contributed by atoms with E-state index in [4.69, 9.17) is 4.42 Å². The monoisotopic (exact) mass is 388 g/mol. The topological polar surface area (TPSA) is 71.7 Å². The molecule has 0 radical (unpaired) electrons. The van der Waals surface area contributed by atoms with Gasteiger partial charge in [-0.2, -0.15) is 0 Å². The summed E-state index contributed by atoms with van der Waals surface area (Å²) >= 11 is 4.50. The summed E-state index contributed by atoms with van der Waals surface area (Å²) in [6, 6.07) is 9.94. The van der Waals surface area contributed by atoms with Crippen molar-refractivity contribution >= 4 is 42.9 Å². The van der Waals surface area contributed by atoms with Gasteiger partial charge in [0.2, 0.25) is 0 Å². The molecule has 2 rings (SSSR count). The lowest BCUT2D eigenvalue weighted by Gasteiger charge is -2.08. The fourth-order valence-corrected chi connectivity index (χ4v) is 3.51. The van der Waals surface area contributed by atoms with Gasteiger partial charge in [0.15, 0.2) is 5.17 Å². The normalized spacial score (nSPS) is 12.4. The third-order valence-corrected chi connectivity index (χ3v) is 5.13. The highest BCUT2D eigenvalue weighted by molar-refractivity contribution is 9.10. The maximum Gasteiger partial charge on any atom is 0.263 e. The average Bonchev–Trinajstić information content (AvgIpc) is 2.97. The van der Waals surface area contributed by atoms with Crippen molar-refractivity contribution in [2.75, 3.05) is 6.26 Å². The van der Waals surface area contributed by atoms with Crippen molar-refractivity contribution < 1.29 is 12.8 Å². The molecule has 0 saturated carbocycles. The lowest BCUT2D eigenvalue weighted by molar-refractivity contribution is 0.513. The fourth-order valence-electron chi connectivity index (χ4n) is 1.48. The Morgan fingerprint density at radius 1 is 1.33 bits per heavy atom. The van der Waals surface area contributed by atoms with E-state index < -0.39 is 10.0 Å². The van der Waals surface area contributed by atoms with Crippen LogP contribution in [0.15, 0.2) is 61.4 Å².